The third kappa shape index (κ3) is 5.40. The van der Waals surface area contributed by atoms with Crippen LogP contribution in [0.5, 0.6) is 5.75 Å². The molecule has 1 aromatic carbocycles. The van der Waals surface area contributed by atoms with Gasteiger partial charge in [0, 0.05) is 18.1 Å². The Morgan fingerprint density at radius 2 is 2.08 bits per heavy atom. The predicted octanol–water partition coefficient (Wildman–Crippen LogP) is 2.05. The van der Waals surface area contributed by atoms with E-state index in [9.17, 15) is 24.5 Å². The molecule has 1 aliphatic rings. The van der Waals surface area contributed by atoms with Crippen LogP contribution in [-0.2, 0) is 14.4 Å². The number of nitrogens with one attached hydrogen (secondary N) is 1. The second kappa shape index (κ2) is 8.75. The number of hydrogen-bond donors (Lipinski definition) is 2. The minimum atomic E-state index is -0.839. The van der Waals surface area contributed by atoms with Crippen LogP contribution >= 0.6 is 0 Å². The van der Waals surface area contributed by atoms with Gasteiger partial charge in [-0.05, 0) is 37.5 Å². The van der Waals surface area contributed by atoms with Crippen molar-refractivity contribution >= 4 is 29.5 Å². The number of unbranched alkanes of at least 4 members (excludes halogenated alkanes) is 2. The van der Waals surface area contributed by atoms with Gasteiger partial charge in [-0.15, -0.1) is 0 Å². The Labute approximate surface area is 148 Å². The maximum atomic E-state index is 11.6. The smallest absolute Gasteiger partial charge is 0.303 e. The molecule has 9 nitrogen and oxygen atoms in total. The number of carbonyl (C=O) groups excluding carboxylic acids is 2. The van der Waals surface area contributed by atoms with E-state index in [4.69, 9.17) is 9.84 Å². The fourth-order valence-corrected chi connectivity index (χ4v) is 2.46. The van der Waals surface area contributed by atoms with Gasteiger partial charge < -0.3 is 9.84 Å². The molecule has 0 unspecified atom stereocenters. The molecule has 1 saturated heterocycles. The first-order chi connectivity index (χ1) is 12.4. The van der Waals surface area contributed by atoms with Gasteiger partial charge >= 0.3 is 5.97 Å². The van der Waals surface area contributed by atoms with Crippen LogP contribution in [0.4, 0.5) is 5.69 Å². The first kappa shape index (κ1) is 19.1. The average Bonchev–Trinajstić information content (AvgIpc) is 2.88. The quantitative estimate of drug-likeness (QED) is 0.225. The van der Waals surface area contributed by atoms with Crippen molar-refractivity contribution in [1.82, 2.24) is 5.32 Å². The number of carboxylic acid groups (broad SMARTS) is 1. The first-order valence-electron chi connectivity index (χ1n) is 8.04. The van der Waals surface area contributed by atoms with Gasteiger partial charge in [-0.2, -0.15) is 0 Å². The van der Waals surface area contributed by atoms with E-state index in [1.165, 1.54) is 24.3 Å². The van der Waals surface area contributed by atoms with Crippen LogP contribution < -0.4 is 10.1 Å². The van der Waals surface area contributed by atoms with Crippen molar-refractivity contribution in [3.63, 3.8) is 0 Å². The molecule has 0 atom stereocenters. The van der Waals surface area contributed by atoms with Crippen molar-refractivity contribution in [3.05, 3.63) is 39.4 Å². The molecule has 138 valence electrons. The van der Waals surface area contributed by atoms with Crippen molar-refractivity contribution in [2.75, 3.05) is 6.61 Å². The summed E-state index contributed by atoms with van der Waals surface area (Å²) in [6.45, 7) is 0.340. The Balaban J connectivity index is 2.05. The molecule has 1 fully saturated rings. The van der Waals surface area contributed by atoms with Gasteiger partial charge in [0.05, 0.1) is 23.5 Å². The second-order valence-corrected chi connectivity index (χ2v) is 5.75. The zero-order valence-corrected chi connectivity index (χ0v) is 13.9. The number of benzene rings is 1. The Bertz CT molecular complexity index is 770. The minimum absolute atomic E-state index is 0.107. The highest BCUT2D eigenvalue weighted by Crippen LogP contribution is 2.28. The molecule has 0 spiro atoms. The normalized spacial score (nSPS) is 15.2. The van der Waals surface area contributed by atoms with Crippen molar-refractivity contribution in [2.45, 2.75) is 32.1 Å². The topological polar surface area (TPSA) is 136 Å². The number of nitro groups is 1. The molecule has 0 aliphatic carbocycles. The van der Waals surface area contributed by atoms with Crippen LogP contribution in [0.2, 0.25) is 0 Å². The van der Waals surface area contributed by atoms with Crippen molar-refractivity contribution in [1.29, 1.82) is 0 Å². The van der Waals surface area contributed by atoms with E-state index >= 15 is 0 Å². The lowest BCUT2D eigenvalue weighted by Crippen LogP contribution is -2.19. The van der Waals surface area contributed by atoms with Crippen LogP contribution in [0.3, 0.4) is 0 Å². The standard InChI is InChI=1S/C17H18N2O7/c20-15-10-12(17(23)18-15)8-11-9-13(5-6-14(11)19(24)25)26-7-3-1-2-4-16(21)22/h5-6,8-9H,1-4,7,10H2,(H,21,22)(H,18,20,23)/b12-8+. The Kier molecular flexibility index (Phi) is 6.42. The van der Waals surface area contributed by atoms with Crippen LogP contribution in [0.15, 0.2) is 23.8 Å². The molecule has 1 aliphatic heterocycles. The maximum absolute atomic E-state index is 11.6. The van der Waals surface area contributed by atoms with Gasteiger partial charge in [-0.1, -0.05) is 0 Å². The number of aliphatic carboxylic acids is 1. The highest BCUT2D eigenvalue weighted by molar-refractivity contribution is 6.15. The van der Waals surface area contributed by atoms with Gasteiger partial charge in [-0.25, -0.2) is 0 Å². The first-order valence-corrected chi connectivity index (χ1v) is 8.04. The summed E-state index contributed by atoms with van der Waals surface area (Å²) >= 11 is 0. The molecule has 2 amide bonds. The molecule has 1 heterocycles. The molecule has 0 bridgehead atoms. The summed E-state index contributed by atoms with van der Waals surface area (Å²) in [6, 6.07) is 4.18. The lowest BCUT2D eigenvalue weighted by molar-refractivity contribution is -0.385. The van der Waals surface area contributed by atoms with Gasteiger partial charge in [0.25, 0.3) is 11.6 Å². The molecular formula is C17H18N2O7. The third-order valence-electron chi connectivity index (χ3n) is 3.72. The Morgan fingerprint density at radius 1 is 1.31 bits per heavy atom. The van der Waals surface area contributed by atoms with Gasteiger partial charge in [0.15, 0.2) is 0 Å². The average molecular weight is 362 g/mol. The lowest BCUT2D eigenvalue weighted by Gasteiger charge is -2.07. The molecule has 1 aromatic rings. The largest absolute Gasteiger partial charge is 0.494 e. The Morgan fingerprint density at radius 3 is 2.69 bits per heavy atom. The lowest BCUT2D eigenvalue weighted by atomic mass is 10.1. The molecule has 2 rings (SSSR count). The number of hydrogen-bond acceptors (Lipinski definition) is 6. The predicted molar refractivity (Wildman–Crippen MR) is 90.4 cm³/mol. The summed E-state index contributed by atoms with van der Waals surface area (Å²) in [4.78, 5) is 43.9. The van der Waals surface area contributed by atoms with Crippen LogP contribution in [0.25, 0.3) is 6.08 Å². The van der Waals surface area contributed by atoms with Gasteiger partial charge in [0.2, 0.25) is 5.91 Å². The summed E-state index contributed by atoms with van der Waals surface area (Å²) in [5, 5.41) is 21.8. The third-order valence-corrected chi connectivity index (χ3v) is 3.72. The number of nitrogens with zero attached hydrogens (tertiary/aromatic N) is 1. The molecule has 0 aromatic heterocycles. The van der Waals surface area contributed by atoms with Gasteiger partial charge in [-0.3, -0.25) is 29.8 Å². The van der Waals surface area contributed by atoms with Crippen LogP contribution in [0.1, 0.15) is 37.7 Å². The fourth-order valence-electron chi connectivity index (χ4n) is 2.46. The monoisotopic (exact) mass is 362 g/mol. The molecule has 26 heavy (non-hydrogen) atoms. The summed E-state index contributed by atoms with van der Waals surface area (Å²) in [5.74, 6) is -1.45. The fraction of sp³-hybridized carbons (Fsp3) is 0.353. The van der Waals surface area contributed by atoms with E-state index in [1.807, 2.05) is 0 Å². The summed E-state index contributed by atoms with van der Waals surface area (Å²) < 4.78 is 5.53. The summed E-state index contributed by atoms with van der Waals surface area (Å²) in [6.07, 6.45) is 3.20. The Hall–Kier alpha value is -3.23. The minimum Gasteiger partial charge on any atom is -0.494 e. The maximum Gasteiger partial charge on any atom is 0.303 e. The zero-order valence-electron chi connectivity index (χ0n) is 13.9. The summed E-state index contributed by atoms with van der Waals surface area (Å²) in [7, 11) is 0. The molecule has 9 heteroatoms. The molecule has 0 saturated carbocycles. The summed E-state index contributed by atoms with van der Waals surface area (Å²) in [5.41, 5.74) is 0.139. The van der Waals surface area contributed by atoms with Crippen LogP contribution in [-0.4, -0.2) is 34.4 Å². The second-order valence-electron chi connectivity index (χ2n) is 5.75. The number of carbonyl (C=O) groups is 3. The number of imide groups is 1. The molecular weight excluding hydrogens is 344 g/mol. The number of ether oxygens (including phenoxy) is 1. The van der Waals surface area contributed by atoms with E-state index in [1.54, 1.807) is 0 Å². The van der Waals surface area contributed by atoms with E-state index in [-0.39, 0.29) is 29.7 Å². The van der Waals surface area contributed by atoms with Crippen molar-refractivity contribution in [3.8, 4) is 5.75 Å². The SMILES string of the molecule is O=C(O)CCCCCOc1ccc([N+](=O)[O-])c(/C=C2\CC(=O)NC2=O)c1. The van der Waals surface area contributed by atoms with E-state index < -0.39 is 22.7 Å². The van der Waals surface area contributed by atoms with E-state index in [0.29, 0.717) is 31.6 Å². The number of amides is 2. The zero-order chi connectivity index (χ0) is 19.1. The van der Waals surface area contributed by atoms with Crippen molar-refractivity contribution < 1.29 is 29.2 Å². The number of carboxylic acids is 1. The molecule has 2 N–H and O–H groups in total. The van der Waals surface area contributed by atoms with Crippen LogP contribution in [0, 0.1) is 10.1 Å². The van der Waals surface area contributed by atoms with Crippen molar-refractivity contribution in [2.24, 2.45) is 0 Å². The van der Waals surface area contributed by atoms with Gasteiger partial charge in [0.1, 0.15) is 5.75 Å². The van der Waals surface area contributed by atoms with E-state index in [2.05, 4.69) is 5.32 Å². The highest BCUT2D eigenvalue weighted by atomic mass is 16.6. The number of rotatable bonds is 9. The van der Waals surface area contributed by atoms with E-state index in [0.717, 1.165) is 0 Å². The highest BCUT2D eigenvalue weighted by Gasteiger charge is 2.25. The number of nitro benzene ring substituents is 1. The molecule has 0 radical (unpaired) electrons.